The van der Waals surface area contributed by atoms with Crippen molar-refractivity contribution in [1.82, 2.24) is 0 Å². The Kier molecular flexibility index (Phi) is 4.82. The van der Waals surface area contributed by atoms with Crippen LogP contribution < -0.4 is 10.2 Å². The van der Waals surface area contributed by atoms with Crippen molar-refractivity contribution in [2.75, 3.05) is 6.61 Å². The number of halogens is 1. The van der Waals surface area contributed by atoms with Crippen molar-refractivity contribution in [3.8, 4) is 5.75 Å². The van der Waals surface area contributed by atoms with Crippen LogP contribution in [0.3, 0.4) is 0 Å². The van der Waals surface area contributed by atoms with Crippen molar-refractivity contribution in [2.45, 2.75) is 64.8 Å². The number of ether oxygens (including phenoxy) is 1. The van der Waals surface area contributed by atoms with Crippen molar-refractivity contribution >= 4 is 12.6 Å². The molecule has 0 amide bonds. The summed E-state index contributed by atoms with van der Waals surface area (Å²) in [6.07, 6.45) is 0.482. The first-order valence-corrected chi connectivity index (χ1v) is 7.92. The van der Waals surface area contributed by atoms with Crippen LogP contribution in [-0.4, -0.2) is 35.6 Å². The van der Waals surface area contributed by atoms with E-state index in [-0.39, 0.29) is 0 Å². The van der Waals surface area contributed by atoms with Gasteiger partial charge in [0.2, 0.25) is 0 Å². The van der Waals surface area contributed by atoms with Crippen LogP contribution in [0.15, 0.2) is 18.2 Å². The zero-order chi connectivity index (χ0) is 17.5. The van der Waals surface area contributed by atoms with Crippen molar-refractivity contribution in [2.24, 2.45) is 0 Å². The maximum Gasteiger partial charge on any atom is 0.497 e. The predicted molar refractivity (Wildman–Crippen MR) is 88.5 cm³/mol. The highest BCUT2D eigenvalue weighted by atomic mass is 19.1. The molecule has 0 saturated carbocycles. The molecule has 4 nitrogen and oxygen atoms in total. The van der Waals surface area contributed by atoms with E-state index in [0.717, 1.165) is 0 Å². The zero-order valence-corrected chi connectivity index (χ0v) is 14.8. The van der Waals surface area contributed by atoms with E-state index in [1.54, 1.807) is 26.0 Å². The van der Waals surface area contributed by atoms with Gasteiger partial charge in [0.05, 0.1) is 23.4 Å². The van der Waals surface area contributed by atoms with Gasteiger partial charge in [-0.2, -0.15) is 0 Å². The van der Waals surface area contributed by atoms with E-state index in [4.69, 9.17) is 14.0 Å². The molecule has 1 fully saturated rings. The summed E-state index contributed by atoms with van der Waals surface area (Å²) in [5.41, 5.74) is -1.53. The Morgan fingerprint density at radius 1 is 1.17 bits per heavy atom. The average molecular weight is 324 g/mol. The lowest BCUT2D eigenvalue weighted by Gasteiger charge is -2.32. The van der Waals surface area contributed by atoms with E-state index in [1.165, 1.54) is 6.07 Å². The minimum absolute atomic E-state index is 0.324. The summed E-state index contributed by atoms with van der Waals surface area (Å²) < 4.78 is 31.6. The molecule has 1 saturated heterocycles. The lowest BCUT2D eigenvalue weighted by Crippen LogP contribution is -2.41. The van der Waals surface area contributed by atoms with Crippen LogP contribution in [0, 0.1) is 5.82 Å². The monoisotopic (exact) mass is 324 g/mol. The van der Waals surface area contributed by atoms with Crippen LogP contribution in [0.1, 0.15) is 48.0 Å². The second-order valence-corrected chi connectivity index (χ2v) is 7.68. The maximum absolute atomic E-state index is 14.2. The van der Waals surface area contributed by atoms with E-state index in [1.807, 2.05) is 27.7 Å². The summed E-state index contributed by atoms with van der Waals surface area (Å²) in [5.74, 6) is 0.138. The SMILES string of the molecule is CC(C)(O)CCOc1ccc(F)c(B2OC(C)(C)C(C)(C)O2)c1. The van der Waals surface area contributed by atoms with Gasteiger partial charge in [-0.15, -0.1) is 0 Å². The van der Waals surface area contributed by atoms with Gasteiger partial charge in [-0.05, 0) is 59.7 Å². The average Bonchev–Trinajstić information content (AvgIpc) is 2.59. The van der Waals surface area contributed by atoms with Crippen molar-refractivity contribution in [3.63, 3.8) is 0 Å². The Bertz CT molecular complexity index is 550. The maximum atomic E-state index is 14.2. The highest BCUT2D eigenvalue weighted by Crippen LogP contribution is 2.36. The molecule has 1 aliphatic rings. The number of benzene rings is 1. The van der Waals surface area contributed by atoms with Crippen LogP contribution in [0.5, 0.6) is 5.75 Å². The van der Waals surface area contributed by atoms with E-state index in [9.17, 15) is 9.50 Å². The normalized spacial score (nSPS) is 19.9. The number of hydrogen-bond acceptors (Lipinski definition) is 4. The van der Waals surface area contributed by atoms with Crippen molar-refractivity contribution in [3.05, 3.63) is 24.0 Å². The fraction of sp³-hybridized carbons (Fsp3) is 0.647. The Labute approximate surface area is 138 Å². The van der Waals surface area contributed by atoms with Crippen LogP contribution in [0.2, 0.25) is 0 Å². The molecule has 1 aromatic carbocycles. The molecule has 0 unspecified atom stereocenters. The van der Waals surface area contributed by atoms with Crippen LogP contribution in [0.25, 0.3) is 0 Å². The lowest BCUT2D eigenvalue weighted by atomic mass is 9.78. The number of hydrogen-bond donors (Lipinski definition) is 1. The molecule has 0 aliphatic carbocycles. The molecule has 1 aliphatic heterocycles. The minimum atomic E-state index is -0.797. The zero-order valence-electron chi connectivity index (χ0n) is 14.8. The molecule has 0 spiro atoms. The second kappa shape index (κ2) is 6.08. The summed E-state index contributed by atoms with van der Waals surface area (Å²) in [6, 6.07) is 4.51. The van der Waals surface area contributed by atoms with Crippen LogP contribution in [0.4, 0.5) is 4.39 Å². The fourth-order valence-corrected chi connectivity index (χ4v) is 2.18. The third kappa shape index (κ3) is 4.25. The molecule has 0 radical (unpaired) electrons. The van der Waals surface area contributed by atoms with Crippen molar-refractivity contribution < 1.29 is 23.5 Å². The van der Waals surface area contributed by atoms with Crippen molar-refractivity contribution in [1.29, 1.82) is 0 Å². The fourth-order valence-electron chi connectivity index (χ4n) is 2.18. The molecule has 1 N–H and O–H groups in total. The summed E-state index contributed by atoms with van der Waals surface area (Å²) in [7, 11) is -0.766. The quantitative estimate of drug-likeness (QED) is 0.846. The van der Waals surface area contributed by atoms with E-state index < -0.39 is 29.7 Å². The molecule has 6 heteroatoms. The van der Waals surface area contributed by atoms with E-state index in [0.29, 0.717) is 24.2 Å². The number of aliphatic hydroxyl groups is 1. The molecule has 0 atom stereocenters. The molecule has 1 aromatic rings. The molecule has 0 bridgehead atoms. The molecule has 0 aromatic heterocycles. The summed E-state index contributed by atoms with van der Waals surface area (Å²) in [4.78, 5) is 0. The van der Waals surface area contributed by atoms with Gasteiger partial charge in [-0.25, -0.2) is 4.39 Å². The van der Waals surface area contributed by atoms with Gasteiger partial charge in [0.15, 0.2) is 0 Å². The Morgan fingerprint density at radius 2 is 1.74 bits per heavy atom. The third-order valence-electron chi connectivity index (χ3n) is 4.46. The van der Waals surface area contributed by atoms with Gasteiger partial charge >= 0.3 is 7.12 Å². The van der Waals surface area contributed by atoms with Gasteiger partial charge in [0.1, 0.15) is 11.6 Å². The second-order valence-electron chi connectivity index (χ2n) is 7.68. The number of rotatable bonds is 5. The van der Waals surface area contributed by atoms with E-state index >= 15 is 0 Å². The Balaban J connectivity index is 2.13. The highest BCUT2D eigenvalue weighted by molar-refractivity contribution is 6.62. The standard InChI is InChI=1S/C17H26BFO4/c1-15(2,20)9-10-21-12-7-8-14(19)13(11-12)18-22-16(3,4)17(5,6)23-18/h7-8,11,20H,9-10H2,1-6H3. The first-order chi connectivity index (χ1) is 10.4. The van der Waals surface area contributed by atoms with E-state index in [2.05, 4.69) is 0 Å². The summed E-state index contributed by atoms with van der Waals surface area (Å²) >= 11 is 0. The first kappa shape index (κ1) is 18.2. The van der Waals surface area contributed by atoms with Gasteiger partial charge in [-0.3, -0.25) is 0 Å². The Hall–Kier alpha value is -1.11. The van der Waals surface area contributed by atoms with Crippen LogP contribution in [-0.2, 0) is 9.31 Å². The molecule has 128 valence electrons. The lowest BCUT2D eigenvalue weighted by molar-refractivity contribution is 0.00578. The Morgan fingerprint density at radius 3 is 2.26 bits per heavy atom. The summed E-state index contributed by atoms with van der Waals surface area (Å²) in [6.45, 7) is 11.5. The van der Waals surface area contributed by atoms with Gasteiger partial charge in [0, 0.05) is 11.9 Å². The molecular weight excluding hydrogens is 298 g/mol. The predicted octanol–water partition coefficient (Wildman–Crippen LogP) is 2.66. The topological polar surface area (TPSA) is 47.9 Å². The van der Waals surface area contributed by atoms with Gasteiger partial charge in [-0.1, -0.05) is 0 Å². The molecular formula is C17H26BFO4. The molecule has 1 heterocycles. The van der Waals surface area contributed by atoms with Gasteiger partial charge < -0.3 is 19.2 Å². The van der Waals surface area contributed by atoms with Crippen LogP contribution >= 0.6 is 0 Å². The highest BCUT2D eigenvalue weighted by Gasteiger charge is 2.52. The molecule has 23 heavy (non-hydrogen) atoms. The minimum Gasteiger partial charge on any atom is -0.494 e. The summed E-state index contributed by atoms with van der Waals surface area (Å²) in [5, 5.41) is 9.70. The smallest absolute Gasteiger partial charge is 0.494 e. The third-order valence-corrected chi connectivity index (χ3v) is 4.46. The molecule has 2 rings (SSSR count). The first-order valence-electron chi connectivity index (χ1n) is 7.92. The largest absolute Gasteiger partial charge is 0.497 e. The van der Waals surface area contributed by atoms with Gasteiger partial charge in [0.25, 0.3) is 0 Å².